The van der Waals surface area contributed by atoms with Crippen LogP contribution in [0.15, 0.2) is 91.0 Å². The molecular formula is C42H48F2N2O8. The molecule has 2 aliphatic heterocycles. The molecule has 4 atom stereocenters. The van der Waals surface area contributed by atoms with Gasteiger partial charge in [0.1, 0.15) is 24.8 Å². The zero-order valence-corrected chi connectivity index (χ0v) is 30.7. The van der Waals surface area contributed by atoms with Gasteiger partial charge in [-0.2, -0.15) is 0 Å². The third-order valence-electron chi connectivity index (χ3n) is 9.50. The average Bonchev–Trinajstić information content (AvgIpc) is 3.19. The van der Waals surface area contributed by atoms with E-state index in [4.69, 9.17) is 28.4 Å². The SMILES string of the molecule is CCCOC(Oc1cc(F)ccc1F)c1ccc(C2C(O)CN(C(=O)OCc3ccccc3)CC2OCc2ccc3c(c2)N(CCCOC)CCO3)cc1. The zero-order chi connectivity index (χ0) is 37.9. The van der Waals surface area contributed by atoms with E-state index in [2.05, 4.69) is 11.0 Å². The Kier molecular flexibility index (Phi) is 13.7. The van der Waals surface area contributed by atoms with Crippen molar-refractivity contribution in [2.75, 3.05) is 58.0 Å². The third kappa shape index (κ3) is 10.1. The maximum atomic E-state index is 14.5. The third-order valence-corrected chi connectivity index (χ3v) is 9.50. The number of methoxy groups -OCH3 is 1. The minimum atomic E-state index is -1.00. The van der Waals surface area contributed by atoms with E-state index in [1.165, 1.54) is 4.90 Å². The van der Waals surface area contributed by atoms with Gasteiger partial charge in [0, 0.05) is 37.8 Å². The van der Waals surface area contributed by atoms with Gasteiger partial charge in [-0.25, -0.2) is 13.6 Å². The van der Waals surface area contributed by atoms with Crippen LogP contribution in [0.4, 0.5) is 19.3 Å². The molecule has 2 heterocycles. The smallest absolute Gasteiger partial charge is 0.410 e. The van der Waals surface area contributed by atoms with Crippen LogP contribution in [-0.4, -0.2) is 81.4 Å². The van der Waals surface area contributed by atoms with Crippen LogP contribution in [-0.2, 0) is 32.2 Å². The number of likely N-dealkylation sites (tertiary alicyclic amines) is 1. The molecule has 0 aromatic heterocycles. The summed E-state index contributed by atoms with van der Waals surface area (Å²) in [6, 6.07) is 25.6. The van der Waals surface area contributed by atoms with Gasteiger partial charge in [-0.3, -0.25) is 0 Å². The van der Waals surface area contributed by atoms with E-state index in [1.54, 1.807) is 19.2 Å². The fourth-order valence-corrected chi connectivity index (χ4v) is 6.77. The first-order valence-corrected chi connectivity index (χ1v) is 18.4. The number of aliphatic hydroxyl groups is 1. The molecule has 288 valence electrons. The molecule has 4 aromatic rings. The lowest BCUT2D eigenvalue weighted by Gasteiger charge is -2.41. The Labute approximate surface area is 315 Å². The van der Waals surface area contributed by atoms with E-state index in [9.17, 15) is 18.7 Å². The average molecular weight is 747 g/mol. The molecule has 1 amide bonds. The van der Waals surface area contributed by atoms with Gasteiger partial charge in [0.05, 0.1) is 50.7 Å². The summed E-state index contributed by atoms with van der Waals surface area (Å²) >= 11 is 0. The van der Waals surface area contributed by atoms with Crippen molar-refractivity contribution in [1.29, 1.82) is 0 Å². The largest absolute Gasteiger partial charge is 0.490 e. The number of halogens is 2. The van der Waals surface area contributed by atoms with Gasteiger partial charge in [-0.15, -0.1) is 0 Å². The lowest BCUT2D eigenvalue weighted by molar-refractivity contribution is -0.0852. The lowest BCUT2D eigenvalue weighted by atomic mass is 9.84. The zero-order valence-electron chi connectivity index (χ0n) is 30.7. The summed E-state index contributed by atoms with van der Waals surface area (Å²) in [5, 5.41) is 11.6. The highest BCUT2D eigenvalue weighted by Gasteiger charge is 2.40. The highest BCUT2D eigenvalue weighted by molar-refractivity contribution is 5.68. The van der Waals surface area contributed by atoms with Crippen LogP contribution in [0, 0.1) is 11.6 Å². The molecule has 2 aliphatic rings. The molecular weight excluding hydrogens is 698 g/mol. The van der Waals surface area contributed by atoms with Crippen molar-refractivity contribution < 1.29 is 47.1 Å². The number of β-amino-alcohol motifs (C(OH)–C–C–N with tert-alkyl or cyclic N) is 1. The van der Waals surface area contributed by atoms with Crippen molar-refractivity contribution in [3.63, 3.8) is 0 Å². The number of carbonyl (C=O) groups excluding carboxylic acids is 1. The molecule has 0 aliphatic carbocycles. The van der Waals surface area contributed by atoms with Crippen LogP contribution in [0.2, 0.25) is 0 Å². The van der Waals surface area contributed by atoms with E-state index in [-0.39, 0.29) is 32.1 Å². The predicted octanol–water partition coefficient (Wildman–Crippen LogP) is 7.39. The minimum absolute atomic E-state index is 0.0384. The highest BCUT2D eigenvalue weighted by Crippen LogP contribution is 2.36. The molecule has 0 bridgehead atoms. The van der Waals surface area contributed by atoms with E-state index >= 15 is 0 Å². The van der Waals surface area contributed by atoms with Crippen LogP contribution in [0.3, 0.4) is 0 Å². The second kappa shape index (κ2) is 19.0. The van der Waals surface area contributed by atoms with Gasteiger partial charge in [-0.1, -0.05) is 67.6 Å². The number of aliphatic hydroxyl groups excluding tert-OH is 1. The number of fused-ring (bicyclic) bond motifs is 1. The van der Waals surface area contributed by atoms with Gasteiger partial charge in [0.2, 0.25) is 6.29 Å². The van der Waals surface area contributed by atoms with Crippen LogP contribution < -0.4 is 14.4 Å². The lowest BCUT2D eigenvalue weighted by Crippen LogP contribution is -2.53. The van der Waals surface area contributed by atoms with Crippen molar-refractivity contribution >= 4 is 11.8 Å². The van der Waals surface area contributed by atoms with Crippen LogP contribution in [0.25, 0.3) is 0 Å². The molecule has 54 heavy (non-hydrogen) atoms. The minimum Gasteiger partial charge on any atom is -0.490 e. The number of ether oxygens (including phenoxy) is 6. The number of benzene rings is 4. The van der Waals surface area contributed by atoms with Crippen LogP contribution in [0.1, 0.15) is 54.2 Å². The van der Waals surface area contributed by atoms with Gasteiger partial charge < -0.3 is 43.3 Å². The maximum Gasteiger partial charge on any atom is 0.410 e. The molecule has 0 radical (unpaired) electrons. The van der Waals surface area contributed by atoms with Gasteiger partial charge in [-0.05, 0) is 53.8 Å². The van der Waals surface area contributed by atoms with Crippen molar-refractivity contribution in [1.82, 2.24) is 4.90 Å². The first-order chi connectivity index (χ1) is 26.3. The summed E-state index contributed by atoms with van der Waals surface area (Å²) in [5.41, 5.74) is 4.10. The first-order valence-electron chi connectivity index (χ1n) is 18.4. The number of nitrogens with zero attached hydrogens (tertiary/aromatic N) is 2. The van der Waals surface area contributed by atoms with Gasteiger partial charge >= 0.3 is 6.09 Å². The molecule has 10 nitrogen and oxygen atoms in total. The normalized spacial score (nSPS) is 18.8. The maximum absolute atomic E-state index is 14.5. The second-order valence-electron chi connectivity index (χ2n) is 13.4. The molecule has 12 heteroatoms. The summed E-state index contributed by atoms with van der Waals surface area (Å²) in [7, 11) is 1.70. The quantitative estimate of drug-likeness (QED) is 0.0930. The highest BCUT2D eigenvalue weighted by atomic mass is 19.1. The van der Waals surface area contributed by atoms with E-state index in [1.807, 2.05) is 61.5 Å². The fraction of sp³-hybridized carbons (Fsp3) is 0.405. The van der Waals surface area contributed by atoms with Crippen LogP contribution in [0.5, 0.6) is 11.5 Å². The Bertz CT molecular complexity index is 1800. The fourth-order valence-electron chi connectivity index (χ4n) is 6.77. The molecule has 0 saturated carbocycles. The molecule has 1 fully saturated rings. The molecule has 1 saturated heterocycles. The van der Waals surface area contributed by atoms with E-state index in [0.717, 1.165) is 65.8 Å². The van der Waals surface area contributed by atoms with Crippen molar-refractivity contribution in [2.24, 2.45) is 0 Å². The van der Waals surface area contributed by atoms with E-state index < -0.39 is 42.1 Å². The Balaban J connectivity index is 1.22. The summed E-state index contributed by atoms with van der Waals surface area (Å²) in [6.45, 7) is 5.66. The number of piperidine rings is 1. The van der Waals surface area contributed by atoms with Crippen molar-refractivity contribution in [3.05, 3.63) is 125 Å². The topological polar surface area (TPSA) is 99.2 Å². The number of carbonyl (C=O) groups is 1. The van der Waals surface area contributed by atoms with Crippen molar-refractivity contribution in [3.8, 4) is 11.5 Å². The number of hydrogen-bond acceptors (Lipinski definition) is 9. The Morgan fingerprint density at radius 2 is 1.76 bits per heavy atom. The summed E-state index contributed by atoms with van der Waals surface area (Å²) in [4.78, 5) is 17.1. The second-order valence-corrected chi connectivity index (χ2v) is 13.4. The number of amides is 1. The van der Waals surface area contributed by atoms with Crippen molar-refractivity contribution in [2.45, 2.75) is 57.4 Å². The van der Waals surface area contributed by atoms with E-state index in [0.29, 0.717) is 31.8 Å². The summed E-state index contributed by atoms with van der Waals surface area (Å²) in [5.74, 6) is -1.30. The number of hydrogen-bond donors (Lipinski definition) is 1. The monoisotopic (exact) mass is 746 g/mol. The predicted molar refractivity (Wildman–Crippen MR) is 199 cm³/mol. The Morgan fingerprint density at radius 1 is 0.944 bits per heavy atom. The molecule has 6 rings (SSSR count). The standard InChI is InChI=1S/C42H48F2N2O8/c1-3-20-51-41(54-38-24-33(43)15-16-34(38)44)32-13-11-31(12-14-32)40-36(47)25-46(42(48)53-27-29-8-5-4-6-9-29)26-39(40)52-28-30-10-17-37-35(23-30)45(19-22-50-37)18-7-21-49-2/h4-6,8-17,23-24,36,39-41,47H,3,7,18-22,25-28H2,1-2H3. The Morgan fingerprint density at radius 3 is 2.54 bits per heavy atom. The van der Waals surface area contributed by atoms with Crippen LogP contribution >= 0.6 is 0 Å². The first kappa shape index (κ1) is 39.0. The number of anilines is 1. The summed E-state index contributed by atoms with van der Waals surface area (Å²) < 4.78 is 63.6. The molecule has 4 unspecified atom stereocenters. The number of rotatable bonds is 16. The molecule has 4 aromatic carbocycles. The van der Waals surface area contributed by atoms with Gasteiger partial charge in [0.15, 0.2) is 11.6 Å². The van der Waals surface area contributed by atoms with Gasteiger partial charge in [0.25, 0.3) is 0 Å². The molecule has 1 N–H and O–H groups in total. The molecule has 0 spiro atoms. The summed E-state index contributed by atoms with van der Waals surface area (Å²) in [6.07, 6.45) is -1.58. The Hall–Kier alpha value is -4.75.